The van der Waals surface area contributed by atoms with E-state index in [0.29, 0.717) is 54.0 Å². The van der Waals surface area contributed by atoms with Gasteiger partial charge in [-0.15, -0.1) is 0 Å². The number of hydrogen-bond donors (Lipinski definition) is 2. The van der Waals surface area contributed by atoms with Crippen LogP contribution >= 0.6 is 23.8 Å². The summed E-state index contributed by atoms with van der Waals surface area (Å²) in [7, 11) is 3.41. The molecule has 2 aliphatic heterocycles. The van der Waals surface area contributed by atoms with Crippen molar-refractivity contribution in [3.63, 3.8) is 0 Å². The summed E-state index contributed by atoms with van der Waals surface area (Å²) in [6.45, 7) is 7.17. The SMILES string of the molecule is COc1c(Cl)cccc1NC(=S)C1=C(N(C)c2ccncc2OCC2COC(C)(C)CO2)C[C@@H](C)NC1=O. The van der Waals surface area contributed by atoms with Crippen LogP contribution in [-0.2, 0) is 14.3 Å². The maximum atomic E-state index is 13.2. The van der Waals surface area contributed by atoms with Crippen molar-refractivity contribution in [3.05, 3.63) is 53.0 Å². The van der Waals surface area contributed by atoms with E-state index < -0.39 is 0 Å². The fourth-order valence-electron chi connectivity index (χ4n) is 4.32. The Labute approximate surface area is 233 Å². The Balaban J connectivity index is 1.60. The van der Waals surface area contributed by atoms with E-state index in [-0.39, 0.29) is 28.6 Å². The second-order valence-corrected chi connectivity index (χ2v) is 10.7. The van der Waals surface area contributed by atoms with E-state index in [1.807, 2.05) is 38.8 Å². The van der Waals surface area contributed by atoms with Gasteiger partial charge in [0.2, 0.25) is 0 Å². The van der Waals surface area contributed by atoms with Crippen molar-refractivity contribution in [2.24, 2.45) is 0 Å². The number of hydrogen-bond acceptors (Lipinski definition) is 8. The minimum Gasteiger partial charge on any atom is -0.493 e. The third-order valence-corrected chi connectivity index (χ3v) is 6.92. The molecular formula is C27H33ClN4O5S. The van der Waals surface area contributed by atoms with Crippen molar-refractivity contribution in [2.45, 2.75) is 44.9 Å². The van der Waals surface area contributed by atoms with Gasteiger partial charge in [0, 0.05) is 31.4 Å². The molecule has 1 amide bonds. The molecule has 9 nitrogen and oxygen atoms in total. The number of nitrogens with one attached hydrogen (secondary N) is 2. The number of halogens is 1. The van der Waals surface area contributed by atoms with Gasteiger partial charge in [-0.1, -0.05) is 29.9 Å². The van der Waals surface area contributed by atoms with Crippen LogP contribution in [0.15, 0.2) is 47.9 Å². The smallest absolute Gasteiger partial charge is 0.256 e. The Kier molecular flexibility index (Phi) is 8.77. The summed E-state index contributed by atoms with van der Waals surface area (Å²) in [5, 5.41) is 6.56. The van der Waals surface area contributed by atoms with Crippen LogP contribution in [0.1, 0.15) is 27.2 Å². The van der Waals surface area contributed by atoms with Gasteiger partial charge in [0.15, 0.2) is 11.5 Å². The number of rotatable bonds is 8. The summed E-state index contributed by atoms with van der Waals surface area (Å²) in [6, 6.07) is 7.04. The first-order chi connectivity index (χ1) is 18.1. The number of aromatic nitrogens is 1. The van der Waals surface area contributed by atoms with Crippen molar-refractivity contribution >= 4 is 46.1 Å². The van der Waals surface area contributed by atoms with Gasteiger partial charge in [0.05, 0.1) is 54.1 Å². The molecule has 1 aromatic carbocycles. The Hall–Kier alpha value is -2.92. The molecule has 38 heavy (non-hydrogen) atoms. The third-order valence-electron chi connectivity index (χ3n) is 6.32. The fourth-order valence-corrected chi connectivity index (χ4v) is 4.89. The summed E-state index contributed by atoms with van der Waals surface area (Å²) >= 11 is 12.0. The van der Waals surface area contributed by atoms with Crippen LogP contribution in [0, 0.1) is 0 Å². The molecular weight excluding hydrogens is 528 g/mol. The number of ether oxygens (including phenoxy) is 4. The van der Waals surface area contributed by atoms with Gasteiger partial charge in [-0.2, -0.15) is 0 Å². The summed E-state index contributed by atoms with van der Waals surface area (Å²) in [4.78, 5) is 19.6. The topological polar surface area (TPSA) is 94.2 Å². The number of anilines is 2. The number of amides is 1. The molecule has 3 heterocycles. The largest absolute Gasteiger partial charge is 0.493 e. The molecule has 2 N–H and O–H groups in total. The number of thiocarbonyl (C=S) groups is 1. The highest BCUT2D eigenvalue weighted by atomic mass is 35.5. The average molecular weight is 561 g/mol. The van der Waals surface area contributed by atoms with E-state index in [0.717, 1.165) is 11.4 Å². The predicted molar refractivity (Wildman–Crippen MR) is 151 cm³/mol. The molecule has 0 spiro atoms. The van der Waals surface area contributed by atoms with E-state index in [1.165, 1.54) is 7.11 Å². The highest BCUT2D eigenvalue weighted by molar-refractivity contribution is 7.81. The normalized spacial score (nSPS) is 20.9. The van der Waals surface area contributed by atoms with Gasteiger partial charge in [0.25, 0.3) is 5.91 Å². The van der Waals surface area contributed by atoms with Crippen molar-refractivity contribution in [2.75, 3.05) is 44.2 Å². The summed E-state index contributed by atoms with van der Waals surface area (Å²) in [6.07, 6.45) is 3.70. The van der Waals surface area contributed by atoms with Gasteiger partial charge in [-0.25, -0.2) is 0 Å². The Morgan fingerprint density at radius 2 is 2.16 bits per heavy atom. The van der Waals surface area contributed by atoms with Crippen LogP contribution in [0.3, 0.4) is 0 Å². The summed E-state index contributed by atoms with van der Waals surface area (Å²) in [5.74, 6) is 0.735. The van der Waals surface area contributed by atoms with Crippen molar-refractivity contribution in [1.29, 1.82) is 0 Å². The number of pyridine rings is 1. The number of carbonyl (C=O) groups is 1. The molecule has 0 radical (unpaired) electrons. The van der Waals surface area contributed by atoms with Gasteiger partial charge in [0.1, 0.15) is 17.7 Å². The minimum absolute atomic E-state index is 0.0884. The quantitative estimate of drug-likeness (QED) is 0.457. The lowest BCUT2D eigenvalue weighted by Gasteiger charge is -2.35. The molecule has 4 rings (SSSR count). The first-order valence-corrected chi connectivity index (χ1v) is 13.1. The summed E-state index contributed by atoms with van der Waals surface area (Å²) < 4.78 is 23.3. The fraction of sp³-hybridized carbons (Fsp3) is 0.444. The number of carbonyl (C=O) groups excluding carboxylic acids is 1. The Bertz CT molecular complexity index is 1230. The summed E-state index contributed by atoms with van der Waals surface area (Å²) in [5.41, 5.74) is 2.11. The Morgan fingerprint density at radius 3 is 2.87 bits per heavy atom. The first-order valence-electron chi connectivity index (χ1n) is 12.3. The monoisotopic (exact) mass is 560 g/mol. The van der Waals surface area contributed by atoms with Gasteiger partial charge >= 0.3 is 0 Å². The molecule has 0 aliphatic carbocycles. The molecule has 204 valence electrons. The maximum Gasteiger partial charge on any atom is 0.256 e. The molecule has 2 atom stereocenters. The van der Waals surface area contributed by atoms with E-state index in [4.69, 9.17) is 42.8 Å². The third kappa shape index (κ3) is 6.37. The number of nitrogens with zero attached hydrogens (tertiary/aromatic N) is 2. The lowest BCUT2D eigenvalue weighted by atomic mass is 9.99. The number of benzene rings is 1. The molecule has 1 fully saturated rings. The average Bonchev–Trinajstić information content (AvgIpc) is 2.87. The van der Waals surface area contributed by atoms with Crippen LogP contribution < -0.4 is 25.0 Å². The molecule has 0 bridgehead atoms. The standard InChI is InChI=1S/C27H33ClN4O5S/c1-16-11-21(23(25(33)30-16)26(38)31-19-8-6-7-18(28)24(19)34-5)32(4)20-9-10-29-12-22(20)35-13-17-14-37-27(2,3)15-36-17/h6-10,12,16-17H,11,13-15H2,1-5H3,(H,30,33)(H,31,38)/t16-,17?/m1/s1. The van der Waals surface area contributed by atoms with Crippen molar-refractivity contribution in [1.82, 2.24) is 10.3 Å². The predicted octanol–water partition coefficient (Wildman–Crippen LogP) is 4.35. The van der Waals surface area contributed by atoms with Crippen molar-refractivity contribution in [3.8, 4) is 11.5 Å². The molecule has 1 aromatic heterocycles. The zero-order valence-electron chi connectivity index (χ0n) is 22.2. The zero-order chi connectivity index (χ0) is 27.4. The van der Waals surface area contributed by atoms with E-state index in [2.05, 4.69) is 15.6 Å². The van der Waals surface area contributed by atoms with E-state index in [9.17, 15) is 4.79 Å². The second-order valence-electron chi connectivity index (χ2n) is 9.89. The minimum atomic E-state index is -0.307. The van der Waals surface area contributed by atoms with Crippen LogP contribution in [-0.4, -0.2) is 67.6 Å². The number of para-hydroxylation sites is 1. The van der Waals surface area contributed by atoms with Crippen molar-refractivity contribution < 1.29 is 23.7 Å². The van der Waals surface area contributed by atoms with Crippen LogP contribution in [0.25, 0.3) is 0 Å². The number of methoxy groups -OCH3 is 1. The van der Waals surface area contributed by atoms with E-state index in [1.54, 1.807) is 30.6 Å². The lowest BCUT2D eigenvalue weighted by Crippen LogP contribution is -2.45. The maximum absolute atomic E-state index is 13.2. The molecule has 0 saturated carbocycles. The van der Waals surface area contributed by atoms with Gasteiger partial charge < -0.3 is 34.5 Å². The van der Waals surface area contributed by atoms with E-state index >= 15 is 0 Å². The van der Waals surface area contributed by atoms with Crippen LogP contribution in [0.4, 0.5) is 11.4 Å². The molecule has 1 saturated heterocycles. The highest BCUT2D eigenvalue weighted by Crippen LogP contribution is 2.35. The second kappa shape index (κ2) is 11.9. The van der Waals surface area contributed by atoms with Crippen LogP contribution in [0.2, 0.25) is 5.02 Å². The molecule has 11 heteroatoms. The molecule has 2 aliphatic rings. The molecule has 2 aromatic rings. The van der Waals surface area contributed by atoms with Gasteiger partial charge in [-0.3, -0.25) is 9.78 Å². The zero-order valence-corrected chi connectivity index (χ0v) is 23.7. The lowest BCUT2D eigenvalue weighted by molar-refractivity contribution is -0.181. The van der Waals surface area contributed by atoms with Crippen LogP contribution in [0.5, 0.6) is 11.5 Å². The first kappa shape index (κ1) is 28.1. The highest BCUT2D eigenvalue weighted by Gasteiger charge is 2.32. The Morgan fingerprint density at radius 1 is 1.37 bits per heavy atom. The van der Waals surface area contributed by atoms with Gasteiger partial charge in [-0.05, 0) is 39.0 Å². The molecule has 1 unspecified atom stereocenters.